The van der Waals surface area contributed by atoms with Gasteiger partial charge in [-0.2, -0.15) is 0 Å². The van der Waals surface area contributed by atoms with Crippen LogP contribution in [0.4, 0.5) is 0 Å². The van der Waals surface area contributed by atoms with Gasteiger partial charge in [-0.3, -0.25) is 4.79 Å². The van der Waals surface area contributed by atoms with Crippen LogP contribution in [0.5, 0.6) is 0 Å². The molecule has 0 aliphatic heterocycles. The molecule has 1 atom stereocenters. The van der Waals surface area contributed by atoms with Gasteiger partial charge in [0.05, 0.1) is 17.6 Å². The number of hydrogen-bond donors (Lipinski definition) is 2. The number of carbonyl (C=O) groups is 1. The van der Waals surface area contributed by atoms with E-state index in [1.165, 1.54) is 0 Å². The predicted octanol–water partition coefficient (Wildman–Crippen LogP) is 2.09. The quantitative estimate of drug-likeness (QED) is 0.655. The SMILES string of the molecule is CCOC(=O)C(CN)(CCC(C)(C)O)CC(C)C. The zero-order valence-corrected chi connectivity index (χ0v) is 12.5. The standard InChI is InChI=1S/C14H29NO3/c1-6-18-12(16)14(10-15,9-11(2)3)8-7-13(4,5)17/h11,17H,6-10,15H2,1-5H3. The minimum absolute atomic E-state index is 0.231. The molecule has 0 saturated carbocycles. The van der Waals surface area contributed by atoms with Gasteiger partial charge in [-0.25, -0.2) is 0 Å². The Kier molecular flexibility index (Phi) is 6.86. The van der Waals surface area contributed by atoms with Gasteiger partial charge < -0.3 is 15.6 Å². The molecule has 0 aromatic carbocycles. The summed E-state index contributed by atoms with van der Waals surface area (Å²) < 4.78 is 5.16. The van der Waals surface area contributed by atoms with Gasteiger partial charge in [0.15, 0.2) is 0 Å². The van der Waals surface area contributed by atoms with Crippen LogP contribution in [0.2, 0.25) is 0 Å². The van der Waals surface area contributed by atoms with Crippen LogP contribution in [0.15, 0.2) is 0 Å². The van der Waals surface area contributed by atoms with Crippen molar-refractivity contribution >= 4 is 5.97 Å². The van der Waals surface area contributed by atoms with Gasteiger partial charge in [0, 0.05) is 6.54 Å². The molecule has 0 amide bonds. The van der Waals surface area contributed by atoms with Gasteiger partial charge in [0.2, 0.25) is 0 Å². The lowest BCUT2D eigenvalue weighted by atomic mass is 9.74. The molecule has 0 aromatic rings. The summed E-state index contributed by atoms with van der Waals surface area (Å²) in [6.07, 6.45) is 1.79. The molecule has 3 N–H and O–H groups in total. The van der Waals surface area contributed by atoms with E-state index in [1.807, 2.05) is 0 Å². The average molecular weight is 259 g/mol. The van der Waals surface area contributed by atoms with Gasteiger partial charge in [-0.15, -0.1) is 0 Å². The molecule has 18 heavy (non-hydrogen) atoms. The Morgan fingerprint density at radius 2 is 1.89 bits per heavy atom. The Morgan fingerprint density at radius 1 is 1.33 bits per heavy atom. The number of nitrogens with two attached hydrogens (primary N) is 1. The minimum Gasteiger partial charge on any atom is -0.466 e. The zero-order valence-electron chi connectivity index (χ0n) is 12.5. The molecule has 0 aliphatic carbocycles. The molecule has 0 saturated heterocycles. The van der Waals surface area contributed by atoms with Crippen molar-refractivity contribution in [3.63, 3.8) is 0 Å². The molecule has 108 valence electrons. The predicted molar refractivity (Wildman–Crippen MR) is 73.1 cm³/mol. The molecule has 0 radical (unpaired) electrons. The van der Waals surface area contributed by atoms with Crippen molar-refractivity contribution in [2.45, 2.75) is 59.5 Å². The monoisotopic (exact) mass is 259 g/mol. The van der Waals surface area contributed by atoms with Crippen molar-refractivity contribution in [2.75, 3.05) is 13.2 Å². The van der Waals surface area contributed by atoms with Gasteiger partial charge in [-0.1, -0.05) is 13.8 Å². The van der Waals surface area contributed by atoms with Gasteiger partial charge in [0.1, 0.15) is 0 Å². The van der Waals surface area contributed by atoms with Crippen LogP contribution >= 0.6 is 0 Å². The third kappa shape index (κ3) is 5.83. The first kappa shape index (κ1) is 17.4. The summed E-state index contributed by atoms with van der Waals surface area (Å²) in [6, 6.07) is 0. The van der Waals surface area contributed by atoms with E-state index >= 15 is 0 Å². The van der Waals surface area contributed by atoms with E-state index in [4.69, 9.17) is 10.5 Å². The van der Waals surface area contributed by atoms with E-state index in [1.54, 1.807) is 20.8 Å². The third-order valence-electron chi connectivity index (χ3n) is 3.11. The lowest BCUT2D eigenvalue weighted by Gasteiger charge is -2.33. The Morgan fingerprint density at radius 3 is 2.22 bits per heavy atom. The molecule has 0 aliphatic rings. The summed E-state index contributed by atoms with van der Waals surface area (Å²) >= 11 is 0. The van der Waals surface area contributed by atoms with E-state index in [9.17, 15) is 9.90 Å². The van der Waals surface area contributed by atoms with E-state index in [0.29, 0.717) is 31.8 Å². The summed E-state index contributed by atoms with van der Waals surface area (Å²) in [5, 5.41) is 9.83. The highest BCUT2D eigenvalue weighted by atomic mass is 16.5. The maximum atomic E-state index is 12.2. The van der Waals surface area contributed by atoms with Crippen molar-refractivity contribution in [2.24, 2.45) is 17.1 Å². The molecule has 0 aromatic heterocycles. The maximum Gasteiger partial charge on any atom is 0.313 e. The molecular weight excluding hydrogens is 230 g/mol. The van der Waals surface area contributed by atoms with Crippen LogP contribution in [0.25, 0.3) is 0 Å². The number of carbonyl (C=O) groups excluding carboxylic acids is 1. The topological polar surface area (TPSA) is 72.5 Å². The van der Waals surface area contributed by atoms with Crippen LogP contribution in [0.1, 0.15) is 53.9 Å². The highest BCUT2D eigenvalue weighted by Gasteiger charge is 2.40. The van der Waals surface area contributed by atoms with Gasteiger partial charge >= 0.3 is 5.97 Å². The molecule has 0 heterocycles. The lowest BCUT2D eigenvalue weighted by molar-refractivity contribution is -0.157. The molecule has 1 unspecified atom stereocenters. The van der Waals surface area contributed by atoms with Crippen molar-refractivity contribution in [1.29, 1.82) is 0 Å². The average Bonchev–Trinajstić information content (AvgIpc) is 2.23. The van der Waals surface area contributed by atoms with Crippen molar-refractivity contribution in [3.8, 4) is 0 Å². The van der Waals surface area contributed by atoms with E-state index in [2.05, 4.69) is 13.8 Å². The second-order valence-electron chi connectivity index (χ2n) is 6.12. The fraction of sp³-hybridized carbons (Fsp3) is 0.929. The second kappa shape index (κ2) is 7.10. The number of rotatable bonds is 8. The van der Waals surface area contributed by atoms with Crippen LogP contribution in [-0.4, -0.2) is 29.8 Å². The Labute approximate surface area is 111 Å². The Hall–Kier alpha value is -0.610. The molecule has 0 bridgehead atoms. The summed E-state index contributed by atoms with van der Waals surface area (Å²) in [7, 11) is 0. The Bertz CT molecular complexity index is 258. The van der Waals surface area contributed by atoms with Crippen molar-refractivity contribution in [1.82, 2.24) is 0 Å². The summed E-state index contributed by atoms with van der Waals surface area (Å²) in [6.45, 7) is 10.0. The third-order valence-corrected chi connectivity index (χ3v) is 3.11. The highest BCUT2D eigenvalue weighted by molar-refractivity contribution is 5.77. The first-order valence-electron chi connectivity index (χ1n) is 6.76. The molecule has 0 spiro atoms. The fourth-order valence-electron chi connectivity index (χ4n) is 2.17. The zero-order chi connectivity index (χ0) is 14.4. The molecule has 4 heteroatoms. The van der Waals surface area contributed by atoms with Gasteiger partial charge in [-0.05, 0) is 46.0 Å². The van der Waals surface area contributed by atoms with Crippen LogP contribution in [0, 0.1) is 11.3 Å². The summed E-state index contributed by atoms with van der Waals surface area (Å²) in [4.78, 5) is 12.2. The molecule has 4 nitrogen and oxygen atoms in total. The van der Waals surface area contributed by atoms with Crippen molar-refractivity contribution in [3.05, 3.63) is 0 Å². The first-order chi connectivity index (χ1) is 8.17. The van der Waals surface area contributed by atoms with E-state index < -0.39 is 11.0 Å². The smallest absolute Gasteiger partial charge is 0.313 e. The number of aliphatic hydroxyl groups is 1. The lowest BCUT2D eigenvalue weighted by Crippen LogP contribution is -2.42. The van der Waals surface area contributed by atoms with Crippen LogP contribution in [0.3, 0.4) is 0 Å². The van der Waals surface area contributed by atoms with Crippen LogP contribution in [-0.2, 0) is 9.53 Å². The number of esters is 1. The molecular formula is C14H29NO3. The van der Waals surface area contributed by atoms with Crippen molar-refractivity contribution < 1.29 is 14.6 Å². The van der Waals surface area contributed by atoms with Crippen LogP contribution < -0.4 is 5.73 Å². The summed E-state index contributed by atoms with van der Waals surface area (Å²) in [5.74, 6) is 0.130. The highest BCUT2D eigenvalue weighted by Crippen LogP contribution is 2.34. The first-order valence-corrected chi connectivity index (χ1v) is 6.76. The largest absolute Gasteiger partial charge is 0.466 e. The second-order valence-corrected chi connectivity index (χ2v) is 6.12. The fourth-order valence-corrected chi connectivity index (χ4v) is 2.17. The normalized spacial score (nSPS) is 15.6. The van der Waals surface area contributed by atoms with E-state index in [-0.39, 0.29) is 12.5 Å². The Balaban J connectivity index is 4.92. The maximum absolute atomic E-state index is 12.2. The minimum atomic E-state index is -0.788. The summed E-state index contributed by atoms with van der Waals surface area (Å²) in [5.41, 5.74) is 4.38. The van der Waals surface area contributed by atoms with Gasteiger partial charge in [0.25, 0.3) is 0 Å². The number of ether oxygens (including phenoxy) is 1. The molecule has 0 fully saturated rings. The molecule has 0 rings (SSSR count). The van der Waals surface area contributed by atoms with E-state index in [0.717, 1.165) is 0 Å². The number of hydrogen-bond acceptors (Lipinski definition) is 4.